The topological polar surface area (TPSA) is 67.4 Å². The van der Waals surface area contributed by atoms with Crippen LogP contribution in [0.3, 0.4) is 0 Å². The lowest BCUT2D eigenvalue weighted by Crippen LogP contribution is -2.29. The third-order valence-corrected chi connectivity index (χ3v) is 4.15. The molecule has 0 aliphatic rings. The van der Waals surface area contributed by atoms with Gasteiger partial charge in [-0.25, -0.2) is 0 Å². The number of rotatable bonds is 6. The van der Waals surface area contributed by atoms with E-state index in [2.05, 4.69) is 10.6 Å². The molecule has 0 saturated carbocycles. The van der Waals surface area contributed by atoms with Gasteiger partial charge in [0, 0.05) is 17.6 Å². The zero-order chi connectivity index (χ0) is 18.4. The highest BCUT2D eigenvalue weighted by Crippen LogP contribution is 2.23. The molecule has 2 amide bonds. The molecule has 0 bridgehead atoms. The molecule has 1 unspecified atom stereocenters. The minimum atomic E-state index is -0.427. The van der Waals surface area contributed by atoms with Crippen LogP contribution >= 0.6 is 11.6 Å². The smallest absolute Gasteiger partial charge is 0.226 e. The molecule has 0 fully saturated rings. The first-order valence-electron chi connectivity index (χ1n) is 7.86. The first kappa shape index (κ1) is 18.8. The van der Waals surface area contributed by atoms with Crippen LogP contribution in [0.1, 0.15) is 30.5 Å². The van der Waals surface area contributed by atoms with Crippen LogP contribution in [0.15, 0.2) is 42.5 Å². The quantitative estimate of drug-likeness (QED) is 0.821. The Morgan fingerprint density at radius 1 is 1.16 bits per heavy atom. The SMILES string of the molecule is COc1ccc(C(CC(=O)Nc2ccc(C)c(Cl)c2)NC(C)=O)cc1. The van der Waals surface area contributed by atoms with Crippen molar-refractivity contribution in [3.8, 4) is 5.75 Å². The van der Waals surface area contributed by atoms with Gasteiger partial charge in [-0.1, -0.05) is 29.8 Å². The minimum Gasteiger partial charge on any atom is -0.497 e. The molecule has 1 atom stereocenters. The molecule has 0 aliphatic carbocycles. The van der Waals surface area contributed by atoms with Gasteiger partial charge in [-0.3, -0.25) is 9.59 Å². The van der Waals surface area contributed by atoms with Crippen LogP contribution in [-0.4, -0.2) is 18.9 Å². The first-order valence-corrected chi connectivity index (χ1v) is 8.24. The molecular formula is C19H21ClN2O3. The summed E-state index contributed by atoms with van der Waals surface area (Å²) in [5, 5.41) is 6.20. The fraction of sp³-hybridized carbons (Fsp3) is 0.263. The molecule has 132 valence electrons. The summed E-state index contributed by atoms with van der Waals surface area (Å²) in [6.07, 6.45) is 0.109. The predicted molar refractivity (Wildman–Crippen MR) is 99.0 cm³/mol. The van der Waals surface area contributed by atoms with Crippen LogP contribution in [-0.2, 0) is 9.59 Å². The first-order chi connectivity index (χ1) is 11.9. The third-order valence-electron chi connectivity index (χ3n) is 3.74. The van der Waals surface area contributed by atoms with Crippen LogP contribution in [0.2, 0.25) is 5.02 Å². The monoisotopic (exact) mass is 360 g/mol. The lowest BCUT2D eigenvalue weighted by molar-refractivity contribution is -0.120. The lowest BCUT2D eigenvalue weighted by atomic mass is 10.0. The summed E-state index contributed by atoms with van der Waals surface area (Å²) in [6.45, 7) is 3.32. The second-order valence-electron chi connectivity index (χ2n) is 5.74. The zero-order valence-corrected chi connectivity index (χ0v) is 15.2. The molecule has 0 radical (unpaired) electrons. The summed E-state index contributed by atoms with van der Waals surface area (Å²) >= 11 is 6.08. The van der Waals surface area contributed by atoms with Crippen molar-refractivity contribution >= 4 is 29.1 Å². The molecule has 0 heterocycles. The average molecular weight is 361 g/mol. The van der Waals surface area contributed by atoms with E-state index in [1.54, 1.807) is 31.4 Å². The van der Waals surface area contributed by atoms with Crippen LogP contribution in [0.25, 0.3) is 0 Å². The number of carbonyl (C=O) groups excluding carboxylic acids is 2. The Hall–Kier alpha value is -2.53. The number of benzene rings is 2. The number of halogens is 1. The maximum Gasteiger partial charge on any atom is 0.226 e. The van der Waals surface area contributed by atoms with E-state index in [4.69, 9.17) is 16.3 Å². The van der Waals surface area contributed by atoms with Gasteiger partial charge >= 0.3 is 0 Å². The van der Waals surface area contributed by atoms with Gasteiger partial charge in [0.05, 0.1) is 19.6 Å². The summed E-state index contributed by atoms with van der Waals surface area (Å²) in [7, 11) is 1.58. The van der Waals surface area contributed by atoms with Gasteiger partial charge in [-0.05, 0) is 42.3 Å². The van der Waals surface area contributed by atoms with E-state index in [1.165, 1.54) is 6.92 Å². The molecule has 0 aliphatic heterocycles. The normalized spacial score (nSPS) is 11.5. The molecule has 0 aromatic heterocycles. The van der Waals surface area contributed by atoms with E-state index in [0.29, 0.717) is 16.5 Å². The third kappa shape index (κ3) is 5.50. The largest absolute Gasteiger partial charge is 0.497 e. The van der Waals surface area contributed by atoms with Crippen LogP contribution in [0, 0.1) is 6.92 Å². The molecule has 6 heteroatoms. The second-order valence-corrected chi connectivity index (χ2v) is 6.15. The van der Waals surface area contributed by atoms with Crippen molar-refractivity contribution in [1.29, 1.82) is 0 Å². The number of amides is 2. The van der Waals surface area contributed by atoms with Crippen molar-refractivity contribution in [2.45, 2.75) is 26.3 Å². The number of carbonyl (C=O) groups is 2. The van der Waals surface area contributed by atoms with E-state index >= 15 is 0 Å². The van der Waals surface area contributed by atoms with Crippen molar-refractivity contribution in [1.82, 2.24) is 5.32 Å². The molecule has 2 N–H and O–H groups in total. The zero-order valence-electron chi connectivity index (χ0n) is 14.4. The van der Waals surface area contributed by atoms with Crippen LogP contribution in [0.5, 0.6) is 5.75 Å². The number of aryl methyl sites for hydroxylation is 1. The van der Waals surface area contributed by atoms with Crippen molar-refractivity contribution in [2.24, 2.45) is 0 Å². The van der Waals surface area contributed by atoms with Crippen LogP contribution < -0.4 is 15.4 Å². The number of ether oxygens (including phenoxy) is 1. The van der Waals surface area contributed by atoms with Crippen molar-refractivity contribution in [3.63, 3.8) is 0 Å². The maximum absolute atomic E-state index is 12.4. The highest BCUT2D eigenvalue weighted by atomic mass is 35.5. The summed E-state index contributed by atoms with van der Waals surface area (Å²) < 4.78 is 5.13. The Morgan fingerprint density at radius 2 is 1.84 bits per heavy atom. The van der Waals surface area contributed by atoms with Gasteiger partial charge < -0.3 is 15.4 Å². The van der Waals surface area contributed by atoms with Gasteiger partial charge in [0.15, 0.2) is 0 Å². The number of anilines is 1. The summed E-state index contributed by atoms with van der Waals surface area (Å²) in [4.78, 5) is 23.9. The maximum atomic E-state index is 12.4. The second kappa shape index (κ2) is 8.53. The van der Waals surface area contributed by atoms with Gasteiger partial charge in [-0.2, -0.15) is 0 Å². The Kier molecular flexibility index (Phi) is 6.42. The van der Waals surface area contributed by atoms with Crippen molar-refractivity contribution < 1.29 is 14.3 Å². The number of hydrogen-bond donors (Lipinski definition) is 2. The molecule has 2 rings (SSSR count). The molecule has 2 aromatic carbocycles. The van der Waals surface area contributed by atoms with E-state index < -0.39 is 6.04 Å². The highest BCUT2D eigenvalue weighted by molar-refractivity contribution is 6.31. The van der Waals surface area contributed by atoms with E-state index in [1.807, 2.05) is 25.1 Å². The van der Waals surface area contributed by atoms with E-state index in [0.717, 1.165) is 11.1 Å². The standard InChI is InChI=1S/C19H21ClN2O3/c1-12-4-7-15(10-17(12)20)22-19(24)11-18(21-13(2)23)14-5-8-16(25-3)9-6-14/h4-10,18H,11H2,1-3H3,(H,21,23)(H,22,24). The summed E-state index contributed by atoms with van der Waals surface area (Å²) in [6, 6.07) is 12.2. The van der Waals surface area contributed by atoms with Crippen molar-refractivity contribution in [2.75, 3.05) is 12.4 Å². The van der Waals surface area contributed by atoms with Gasteiger partial charge in [0.25, 0.3) is 0 Å². The van der Waals surface area contributed by atoms with E-state index in [9.17, 15) is 9.59 Å². The Morgan fingerprint density at radius 3 is 2.40 bits per heavy atom. The van der Waals surface area contributed by atoms with Gasteiger partial charge in [0.1, 0.15) is 5.75 Å². The number of methoxy groups -OCH3 is 1. The van der Waals surface area contributed by atoms with Gasteiger partial charge in [0.2, 0.25) is 11.8 Å². The lowest BCUT2D eigenvalue weighted by Gasteiger charge is -2.18. The minimum absolute atomic E-state index is 0.109. The Balaban J connectivity index is 2.10. The highest BCUT2D eigenvalue weighted by Gasteiger charge is 2.17. The summed E-state index contributed by atoms with van der Waals surface area (Å²) in [5.41, 5.74) is 2.39. The Labute approximate surface area is 152 Å². The molecule has 5 nitrogen and oxygen atoms in total. The summed E-state index contributed by atoms with van der Waals surface area (Å²) in [5.74, 6) is 0.297. The average Bonchev–Trinajstić information content (AvgIpc) is 2.57. The molecule has 0 saturated heterocycles. The number of nitrogens with one attached hydrogen (secondary N) is 2. The fourth-order valence-corrected chi connectivity index (χ4v) is 2.58. The molecule has 0 spiro atoms. The van der Waals surface area contributed by atoms with Gasteiger partial charge in [-0.15, -0.1) is 0 Å². The molecule has 25 heavy (non-hydrogen) atoms. The van der Waals surface area contributed by atoms with Crippen LogP contribution in [0.4, 0.5) is 5.69 Å². The number of hydrogen-bond acceptors (Lipinski definition) is 3. The molecule has 2 aromatic rings. The molecular weight excluding hydrogens is 340 g/mol. The van der Waals surface area contributed by atoms with Crippen molar-refractivity contribution in [3.05, 3.63) is 58.6 Å². The Bertz CT molecular complexity index is 760. The fourth-order valence-electron chi connectivity index (χ4n) is 2.40. The van der Waals surface area contributed by atoms with E-state index in [-0.39, 0.29) is 18.2 Å². The predicted octanol–water partition coefficient (Wildman–Crippen LogP) is 3.86.